The third-order valence-corrected chi connectivity index (χ3v) is 4.79. The monoisotopic (exact) mass is 292 g/mol. The fraction of sp³-hybridized carbons (Fsp3) is 0.667. The Bertz CT molecular complexity index is 390. The number of aliphatic hydroxyl groups excluding tert-OH is 1. The SMILES string of the molecule is CCN(CC)Cc1ccccc1NCC(CC)(CC)CO. The number of nitrogens with zero attached hydrogens (tertiary/aromatic N) is 1. The third-order valence-electron chi connectivity index (χ3n) is 4.79. The summed E-state index contributed by atoms with van der Waals surface area (Å²) < 4.78 is 0. The lowest BCUT2D eigenvalue weighted by molar-refractivity contribution is 0.127. The first kappa shape index (κ1) is 18.0. The van der Waals surface area contributed by atoms with Gasteiger partial charge in [-0.3, -0.25) is 4.90 Å². The minimum absolute atomic E-state index is 0.0116. The molecule has 1 aromatic carbocycles. The Morgan fingerprint density at radius 3 is 2.19 bits per heavy atom. The molecular formula is C18H32N2O. The van der Waals surface area contributed by atoms with Crippen molar-refractivity contribution < 1.29 is 5.11 Å². The van der Waals surface area contributed by atoms with E-state index in [1.807, 2.05) is 0 Å². The zero-order chi connectivity index (χ0) is 15.7. The Morgan fingerprint density at radius 2 is 1.67 bits per heavy atom. The normalized spacial score (nSPS) is 11.9. The van der Waals surface area contributed by atoms with Crippen LogP contribution in [0.4, 0.5) is 5.69 Å². The number of aliphatic hydroxyl groups is 1. The van der Waals surface area contributed by atoms with E-state index in [0.29, 0.717) is 0 Å². The van der Waals surface area contributed by atoms with Crippen LogP contribution < -0.4 is 5.32 Å². The summed E-state index contributed by atoms with van der Waals surface area (Å²) in [6.45, 7) is 12.9. The summed E-state index contributed by atoms with van der Waals surface area (Å²) in [4.78, 5) is 2.42. The molecule has 1 rings (SSSR count). The van der Waals surface area contributed by atoms with Crippen molar-refractivity contribution in [3.63, 3.8) is 0 Å². The van der Waals surface area contributed by atoms with E-state index in [4.69, 9.17) is 0 Å². The average Bonchev–Trinajstić information content (AvgIpc) is 2.55. The molecule has 3 nitrogen and oxygen atoms in total. The van der Waals surface area contributed by atoms with Crippen LogP contribution in [-0.4, -0.2) is 36.2 Å². The van der Waals surface area contributed by atoms with Gasteiger partial charge in [0.25, 0.3) is 0 Å². The summed E-state index contributed by atoms with van der Waals surface area (Å²) in [6, 6.07) is 8.51. The number of anilines is 1. The van der Waals surface area contributed by atoms with Gasteiger partial charge < -0.3 is 10.4 Å². The van der Waals surface area contributed by atoms with Crippen LogP contribution >= 0.6 is 0 Å². The molecule has 0 aliphatic heterocycles. The molecule has 0 saturated heterocycles. The van der Waals surface area contributed by atoms with Crippen molar-refractivity contribution in [1.29, 1.82) is 0 Å². The molecule has 0 amide bonds. The molecule has 0 saturated carbocycles. The number of hydrogen-bond donors (Lipinski definition) is 2. The number of rotatable bonds is 10. The van der Waals surface area contributed by atoms with Gasteiger partial charge in [0, 0.05) is 24.2 Å². The van der Waals surface area contributed by atoms with Crippen LogP contribution in [0.2, 0.25) is 0 Å². The van der Waals surface area contributed by atoms with Gasteiger partial charge in [-0.1, -0.05) is 45.9 Å². The summed E-state index contributed by atoms with van der Waals surface area (Å²) in [7, 11) is 0. The smallest absolute Gasteiger partial charge is 0.0504 e. The second-order valence-electron chi connectivity index (χ2n) is 5.84. The van der Waals surface area contributed by atoms with Crippen LogP contribution in [0.5, 0.6) is 0 Å². The summed E-state index contributed by atoms with van der Waals surface area (Å²) in [6.07, 6.45) is 1.98. The molecule has 0 heterocycles. The number of nitrogens with one attached hydrogen (secondary N) is 1. The van der Waals surface area contributed by atoms with Gasteiger partial charge in [0.05, 0.1) is 6.61 Å². The third kappa shape index (κ3) is 5.01. The highest BCUT2D eigenvalue weighted by atomic mass is 16.3. The maximum absolute atomic E-state index is 9.70. The minimum Gasteiger partial charge on any atom is -0.396 e. The first-order chi connectivity index (χ1) is 10.1. The lowest BCUT2D eigenvalue weighted by atomic mass is 9.83. The molecule has 120 valence electrons. The van der Waals surface area contributed by atoms with Crippen molar-refractivity contribution in [2.45, 2.75) is 47.1 Å². The molecule has 0 aliphatic carbocycles. The van der Waals surface area contributed by atoms with Gasteiger partial charge in [-0.2, -0.15) is 0 Å². The van der Waals surface area contributed by atoms with Gasteiger partial charge in [-0.05, 0) is 37.6 Å². The highest BCUT2D eigenvalue weighted by molar-refractivity contribution is 5.51. The fourth-order valence-electron chi connectivity index (χ4n) is 2.58. The van der Waals surface area contributed by atoms with Crippen molar-refractivity contribution in [3.05, 3.63) is 29.8 Å². The van der Waals surface area contributed by atoms with E-state index >= 15 is 0 Å². The number of benzene rings is 1. The van der Waals surface area contributed by atoms with Crippen LogP contribution in [0, 0.1) is 5.41 Å². The molecule has 0 radical (unpaired) electrons. The Morgan fingerprint density at radius 1 is 1.05 bits per heavy atom. The predicted molar refractivity (Wildman–Crippen MR) is 91.7 cm³/mol. The maximum Gasteiger partial charge on any atom is 0.0504 e. The summed E-state index contributed by atoms with van der Waals surface area (Å²) in [5, 5.41) is 13.3. The van der Waals surface area contributed by atoms with E-state index in [-0.39, 0.29) is 12.0 Å². The second-order valence-corrected chi connectivity index (χ2v) is 5.84. The Labute approximate surface area is 130 Å². The average molecular weight is 292 g/mol. The molecule has 0 aromatic heterocycles. The minimum atomic E-state index is -0.0116. The molecule has 0 atom stereocenters. The van der Waals surface area contributed by atoms with E-state index in [9.17, 15) is 5.11 Å². The van der Waals surface area contributed by atoms with E-state index in [1.165, 1.54) is 11.3 Å². The quantitative estimate of drug-likeness (QED) is 0.689. The lowest BCUT2D eigenvalue weighted by Gasteiger charge is -2.31. The van der Waals surface area contributed by atoms with Crippen LogP contribution in [0.25, 0.3) is 0 Å². The summed E-state index contributed by atoms with van der Waals surface area (Å²) in [5.74, 6) is 0. The fourth-order valence-corrected chi connectivity index (χ4v) is 2.58. The summed E-state index contributed by atoms with van der Waals surface area (Å²) in [5.41, 5.74) is 2.52. The van der Waals surface area contributed by atoms with Gasteiger partial charge >= 0.3 is 0 Å². The van der Waals surface area contributed by atoms with Gasteiger partial charge in [0.2, 0.25) is 0 Å². The Hall–Kier alpha value is -1.06. The van der Waals surface area contributed by atoms with E-state index in [1.54, 1.807) is 0 Å². The van der Waals surface area contributed by atoms with Gasteiger partial charge in [0.15, 0.2) is 0 Å². The van der Waals surface area contributed by atoms with E-state index < -0.39 is 0 Å². The lowest BCUT2D eigenvalue weighted by Crippen LogP contribution is -2.32. The molecule has 0 unspecified atom stereocenters. The van der Waals surface area contributed by atoms with Crippen molar-refractivity contribution in [3.8, 4) is 0 Å². The maximum atomic E-state index is 9.70. The predicted octanol–water partition coefficient (Wildman–Crippen LogP) is 3.74. The molecule has 21 heavy (non-hydrogen) atoms. The van der Waals surface area contributed by atoms with Crippen molar-refractivity contribution in [2.24, 2.45) is 5.41 Å². The molecule has 0 aliphatic rings. The van der Waals surface area contributed by atoms with Crippen molar-refractivity contribution >= 4 is 5.69 Å². The molecule has 0 bridgehead atoms. The molecule has 1 aromatic rings. The van der Waals surface area contributed by atoms with Gasteiger partial charge in [-0.15, -0.1) is 0 Å². The van der Waals surface area contributed by atoms with Crippen LogP contribution in [0.1, 0.15) is 46.1 Å². The standard InChI is InChI=1S/C18H32N2O/c1-5-18(6-2,15-21)14-19-17-12-10-9-11-16(17)13-20(7-3)8-4/h9-12,19,21H,5-8,13-15H2,1-4H3. The number of para-hydroxylation sites is 1. The Kier molecular flexibility index (Phi) is 7.76. The zero-order valence-electron chi connectivity index (χ0n) is 14.2. The second kappa shape index (κ2) is 9.06. The highest BCUT2D eigenvalue weighted by Crippen LogP contribution is 2.27. The molecule has 3 heteroatoms. The molecular weight excluding hydrogens is 260 g/mol. The van der Waals surface area contributed by atoms with Crippen LogP contribution in [0.15, 0.2) is 24.3 Å². The Balaban J connectivity index is 2.79. The van der Waals surface area contributed by atoms with E-state index in [2.05, 4.69) is 62.2 Å². The largest absolute Gasteiger partial charge is 0.396 e. The molecule has 0 spiro atoms. The summed E-state index contributed by atoms with van der Waals surface area (Å²) >= 11 is 0. The van der Waals surface area contributed by atoms with Gasteiger partial charge in [-0.25, -0.2) is 0 Å². The first-order valence-electron chi connectivity index (χ1n) is 8.29. The van der Waals surface area contributed by atoms with Crippen molar-refractivity contribution in [1.82, 2.24) is 4.90 Å². The first-order valence-corrected chi connectivity index (χ1v) is 8.29. The van der Waals surface area contributed by atoms with Crippen LogP contribution in [-0.2, 0) is 6.54 Å². The molecule has 2 N–H and O–H groups in total. The van der Waals surface area contributed by atoms with Crippen molar-refractivity contribution in [2.75, 3.05) is 31.6 Å². The zero-order valence-corrected chi connectivity index (χ0v) is 14.2. The molecule has 0 fully saturated rings. The van der Waals surface area contributed by atoms with Gasteiger partial charge in [0.1, 0.15) is 0 Å². The van der Waals surface area contributed by atoms with E-state index in [0.717, 1.165) is 39.0 Å². The topological polar surface area (TPSA) is 35.5 Å². The highest BCUT2D eigenvalue weighted by Gasteiger charge is 2.25. The van der Waals surface area contributed by atoms with Crippen LogP contribution in [0.3, 0.4) is 0 Å². The number of hydrogen-bond acceptors (Lipinski definition) is 3.